The van der Waals surface area contributed by atoms with Gasteiger partial charge in [0.15, 0.2) is 5.16 Å². The lowest BCUT2D eigenvalue weighted by atomic mass is 10.1. The fourth-order valence-corrected chi connectivity index (χ4v) is 4.36. The first kappa shape index (κ1) is 20.0. The summed E-state index contributed by atoms with van der Waals surface area (Å²) in [5.41, 5.74) is 2.50. The number of hydrogen-bond acceptors (Lipinski definition) is 6. The molecule has 0 radical (unpaired) electrons. The van der Waals surface area contributed by atoms with Crippen molar-refractivity contribution in [3.63, 3.8) is 0 Å². The topological polar surface area (TPSA) is 77.2 Å². The minimum Gasteiger partial charge on any atom is -0.495 e. The largest absolute Gasteiger partial charge is 0.495 e. The monoisotopic (exact) mass is 419 g/mol. The van der Waals surface area contributed by atoms with Gasteiger partial charge in [-0.1, -0.05) is 55.1 Å². The van der Waals surface area contributed by atoms with Crippen molar-refractivity contribution in [2.24, 2.45) is 0 Å². The summed E-state index contributed by atoms with van der Waals surface area (Å²) in [6, 6.07) is 17.2. The summed E-state index contributed by atoms with van der Waals surface area (Å²) in [6.07, 6.45) is 2.15. The number of para-hydroxylation sites is 3. The molecular formula is C23H21N3O3S. The molecule has 6 nitrogen and oxygen atoms in total. The van der Waals surface area contributed by atoms with Gasteiger partial charge in [0.05, 0.1) is 23.9 Å². The molecule has 0 aliphatic rings. The van der Waals surface area contributed by atoms with Crippen molar-refractivity contribution in [3.8, 4) is 17.3 Å². The zero-order valence-electron chi connectivity index (χ0n) is 16.7. The molecule has 30 heavy (non-hydrogen) atoms. The Morgan fingerprint density at radius 1 is 1.10 bits per heavy atom. The fraction of sp³-hybridized carbons (Fsp3) is 0.174. The molecule has 0 atom stereocenters. The lowest BCUT2D eigenvalue weighted by Gasteiger charge is -2.16. The summed E-state index contributed by atoms with van der Waals surface area (Å²) >= 11 is 1.37. The number of fused-ring (bicyclic) bond motifs is 1. The first-order valence-corrected chi connectivity index (χ1v) is 10.6. The predicted molar refractivity (Wildman–Crippen MR) is 119 cm³/mol. The van der Waals surface area contributed by atoms with E-state index in [1.807, 2.05) is 55.5 Å². The molecule has 1 N–H and O–H groups in total. The second kappa shape index (κ2) is 8.59. The van der Waals surface area contributed by atoms with E-state index in [9.17, 15) is 9.90 Å². The van der Waals surface area contributed by atoms with Crippen LogP contribution in [0.2, 0.25) is 0 Å². The van der Waals surface area contributed by atoms with Gasteiger partial charge in [-0.2, -0.15) is 4.98 Å². The van der Waals surface area contributed by atoms with Crippen molar-refractivity contribution >= 4 is 22.7 Å². The van der Waals surface area contributed by atoms with E-state index in [0.717, 1.165) is 16.5 Å². The molecule has 4 aromatic rings. The lowest BCUT2D eigenvalue weighted by Crippen LogP contribution is -2.25. The molecule has 7 heteroatoms. The number of pyridine rings is 1. The van der Waals surface area contributed by atoms with Crippen LogP contribution in [0.25, 0.3) is 16.6 Å². The third-order valence-corrected chi connectivity index (χ3v) is 5.86. The molecule has 2 aromatic carbocycles. The van der Waals surface area contributed by atoms with Gasteiger partial charge in [-0.3, -0.25) is 14.3 Å². The summed E-state index contributed by atoms with van der Waals surface area (Å²) in [6.45, 7) is 1.82. The number of nitrogens with zero attached hydrogens (tertiary/aromatic N) is 3. The summed E-state index contributed by atoms with van der Waals surface area (Å²) in [5.74, 6) is 0.871. The third kappa shape index (κ3) is 3.64. The summed E-state index contributed by atoms with van der Waals surface area (Å²) in [4.78, 5) is 22.1. The number of hydrogen-bond donors (Lipinski definition) is 1. The number of ether oxygens (including phenoxy) is 1. The van der Waals surface area contributed by atoms with Gasteiger partial charge in [-0.25, -0.2) is 0 Å². The number of benzene rings is 2. The van der Waals surface area contributed by atoms with Crippen LogP contribution in [0.15, 0.2) is 70.7 Å². The second-order valence-electron chi connectivity index (χ2n) is 6.64. The highest BCUT2D eigenvalue weighted by molar-refractivity contribution is 7.98. The van der Waals surface area contributed by atoms with Crippen molar-refractivity contribution in [3.05, 3.63) is 82.3 Å². The van der Waals surface area contributed by atoms with Gasteiger partial charge in [0.2, 0.25) is 5.88 Å². The fourth-order valence-electron chi connectivity index (χ4n) is 3.38. The lowest BCUT2D eigenvalue weighted by molar-refractivity contribution is 0.408. The number of thioether (sulfide) groups is 1. The summed E-state index contributed by atoms with van der Waals surface area (Å²) < 4.78 is 6.98. The van der Waals surface area contributed by atoms with Crippen molar-refractivity contribution in [2.75, 3.05) is 7.11 Å². The van der Waals surface area contributed by atoms with Crippen LogP contribution in [-0.2, 0) is 12.2 Å². The molecule has 0 amide bonds. The molecule has 2 aromatic heterocycles. The van der Waals surface area contributed by atoms with Gasteiger partial charge in [0, 0.05) is 17.3 Å². The predicted octanol–water partition coefficient (Wildman–Crippen LogP) is 4.35. The Morgan fingerprint density at radius 2 is 1.90 bits per heavy atom. The second-order valence-corrected chi connectivity index (χ2v) is 7.59. The first-order chi connectivity index (χ1) is 14.6. The Labute approximate surface area is 178 Å². The van der Waals surface area contributed by atoms with Crippen LogP contribution in [0.3, 0.4) is 0 Å². The van der Waals surface area contributed by atoms with E-state index >= 15 is 0 Å². The van der Waals surface area contributed by atoms with E-state index in [0.29, 0.717) is 28.8 Å². The maximum Gasteiger partial charge on any atom is 0.265 e. The highest BCUT2D eigenvalue weighted by Gasteiger charge is 2.19. The Kier molecular flexibility index (Phi) is 5.72. The van der Waals surface area contributed by atoms with Gasteiger partial charge in [0.25, 0.3) is 5.56 Å². The number of aromatic nitrogens is 3. The highest BCUT2D eigenvalue weighted by atomic mass is 32.2. The minimum absolute atomic E-state index is 0.229. The number of methoxy groups -OCH3 is 1. The smallest absolute Gasteiger partial charge is 0.265 e. The van der Waals surface area contributed by atoms with Gasteiger partial charge in [0.1, 0.15) is 5.75 Å². The van der Waals surface area contributed by atoms with E-state index in [-0.39, 0.29) is 17.0 Å². The number of rotatable bonds is 6. The average molecular weight is 420 g/mol. The maximum atomic E-state index is 13.2. The van der Waals surface area contributed by atoms with Crippen LogP contribution in [0, 0.1) is 0 Å². The molecule has 0 bridgehead atoms. The summed E-state index contributed by atoms with van der Waals surface area (Å²) in [5, 5.41) is 11.8. The van der Waals surface area contributed by atoms with E-state index in [1.165, 1.54) is 16.3 Å². The molecule has 2 heterocycles. The van der Waals surface area contributed by atoms with Crippen LogP contribution in [0.5, 0.6) is 11.6 Å². The van der Waals surface area contributed by atoms with Gasteiger partial charge >= 0.3 is 0 Å². The maximum absolute atomic E-state index is 13.2. The molecule has 152 valence electrons. The molecule has 0 saturated heterocycles. The van der Waals surface area contributed by atoms with Crippen LogP contribution in [0.1, 0.15) is 18.1 Å². The molecule has 0 aliphatic heterocycles. The molecule has 0 fully saturated rings. The Hall–Kier alpha value is -3.32. The van der Waals surface area contributed by atoms with Gasteiger partial charge in [-0.05, 0) is 30.2 Å². The SMILES string of the molecule is CCc1c(O)nc(SCc2cccc3cccnc23)n(-c2ccccc2OC)c1=O. The third-order valence-electron chi connectivity index (χ3n) is 4.88. The van der Waals surface area contributed by atoms with E-state index in [2.05, 4.69) is 9.97 Å². The van der Waals surface area contributed by atoms with Crippen molar-refractivity contribution in [1.29, 1.82) is 0 Å². The highest BCUT2D eigenvalue weighted by Crippen LogP contribution is 2.30. The standard InChI is InChI=1S/C23H21N3O3S/c1-3-17-21(27)25-23(26(22(17)28)18-11-4-5-12-19(18)29-2)30-14-16-9-6-8-15-10-7-13-24-20(15)16/h4-13,27H,3,14H2,1-2H3. The van der Waals surface area contributed by atoms with Crippen LogP contribution < -0.4 is 10.3 Å². The van der Waals surface area contributed by atoms with E-state index in [4.69, 9.17) is 4.74 Å². The summed E-state index contributed by atoms with van der Waals surface area (Å²) in [7, 11) is 1.56. The van der Waals surface area contributed by atoms with Gasteiger partial charge < -0.3 is 9.84 Å². The van der Waals surface area contributed by atoms with E-state index < -0.39 is 0 Å². The van der Waals surface area contributed by atoms with Crippen LogP contribution >= 0.6 is 11.8 Å². The Morgan fingerprint density at radius 3 is 2.70 bits per heavy atom. The minimum atomic E-state index is -0.298. The van der Waals surface area contributed by atoms with Crippen molar-refractivity contribution in [2.45, 2.75) is 24.3 Å². The molecule has 0 aliphatic carbocycles. The molecule has 0 unspecified atom stereocenters. The average Bonchev–Trinajstić information content (AvgIpc) is 2.78. The zero-order valence-corrected chi connectivity index (χ0v) is 17.5. The Balaban J connectivity index is 1.82. The van der Waals surface area contributed by atoms with Gasteiger partial charge in [-0.15, -0.1) is 0 Å². The zero-order chi connectivity index (χ0) is 21.1. The van der Waals surface area contributed by atoms with E-state index in [1.54, 1.807) is 19.4 Å². The molecule has 0 spiro atoms. The van der Waals surface area contributed by atoms with Crippen LogP contribution in [-0.4, -0.2) is 26.8 Å². The first-order valence-electron chi connectivity index (χ1n) is 9.57. The normalized spacial score (nSPS) is 11.0. The molecular weight excluding hydrogens is 398 g/mol. The van der Waals surface area contributed by atoms with Crippen LogP contribution in [0.4, 0.5) is 0 Å². The van der Waals surface area contributed by atoms with Crippen molar-refractivity contribution < 1.29 is 9.84 Å². The number of aromatic hydroxyl groups is 1. The molecule has 4 rings (SSSR count). The quantitative estimate of drug-likeness (QED) is 0.370. The molecule has 0 saturated carbocycles. The Bertz CT molecular complexity index is 1270. The van der Waals surface area contributed by atoms with Crippen molar-refractivity contribution in [1.82, 2.24) is 14.5 Å².